The van der Waals surface area contributed by atoms with Gasteiger partial charge in [-0.25, -0.2) is 18.6 Å². The number of halogens is 1. The van der Waals surface area contributed by atoms with Crippen molar-refractivity contribution in [2.24, 2.45) is 0 Å². The summed E-state index contributed by atoms with van der Waals surface area (Å²) in [6, 6.07) is 21.0. The third kappa shape index (κ3) is 9.25. The topological polar surface area (TPSA) is 92.2 Å². The smallest absolute Gasteiger partial charge is 0.159 e. The van der Waals surface area contributed by atoms with Gasteiger partial charge in [0.05, 0.1) is 10.9 Å². The van der Waals surface area contributed by atoms with Crippen LogP contribution in [0.3, 0.4) is 0 Å². The van der Waals surface area contributed by atoms with Crippen molar-refractivity contribution in [1.29, 1.82) is 0 Å². The summed E-state index contributed by atoms with van der Waals surface area (Å²) in [7, 11) is -4.76. The van der Waals surface area contributed by atoms with Crippen molar-refractivity contribution in [3.05, 3.63) is 71.6 Å². The molecule has 0 fully saturated rings. The first-order chi connectivity index (χ1) is 9.86. The summed E-state index contributed by atoms with van der Waals surface area (Å²) >= 11 is 0. The van der Waals surface area contributed by atoms with Crippen molar-refractivity contribution < 1.29 is 28.9 Å². The van der Waals surface area contributed by atoms with E-state index >= 15 is 0 Å². The van der Waals surface area contributed by atoms with Gasteiger partial charge in [0.1, 0.15) is 11.7 Å². The fraction of sp³-hybridized carbons (Fsp3) is 0.0667. The molecule has 1 unspecified atom stereocenters. The Bertz CT molecular complexity index is 535. The molecular weight excluding hydrogens is 312 g/mol. The molecule has 0 aliphatic rings. The monoisotopic (exact) mass is 326 g/mol. The van der Waals surface area contributed by atoms with E-state index in [9.17, 15) is 0 Å². The van der Waals surface area contributed by atoms with Crippen LogP contribution in [0.15, 0.2) is 71.0 Å². The molecule has 0 amide bonds. The van der Waals surface area contributed by atoms with Crippen LogP contribution in [0, 0.1) is 10.2 Å². The van der Waals surface area contributed by atoms with Crippen LogP contribution >= 0.6 is 0 Å². The summed E-state index contributed by atoms with van der Waals surface area (Å²) in [5.74, 6) is 0. The largest absolute Gasteiger partial charge is 0.222 e. The lowest BCUT2D eigenvalue weighted by molar-refractivity contribution is -2.00. The van der Waals surface area contributed by atoms with Crippen LogP contribution in [0.5, 0.6) is 0 Å². The van der Waals surface area contributed by atoms with Crippen LogP contribution in [0.4, 0.5) is 0 Å². The Balaban J connectivity index is 0.000000383. The molecule has 0 heterocycles. The normalized spacial score (nSPS) is 12.6. The average molecular weight is 327 g/mol. The average Bonchev–Trinajstić information content (AvgIpc) is 2.45. The maximum Gasteiger partial charge on any atom is 0.159 e. The third-order valence-corrected chi connectivity index (χ3v) is 3.94. The molecule has 0 radical (unpaired) electrons. The molecule has 0 aliphatic carbocycles. The Morgan fingerprint density at radius 3 is 1.71 bits per heavy atom. The molecule has 2 aromatic carbocycles. The van der Waals surface area contributed by atoms with Crippen LogP contribution in [0.1, 0.15) is 5.56 Å². The molecule has 0 aliphatic heterocycles. The Kier molecular flexibility index (Phi) is 7.45. The third-order valence-electron chi connectivity index (χ3n) is 2.38. The molecule has 1 atom stereocenters. The molecule has 2 aromatic rings. The van der Waals surface area contributed by atoms with E-state index in [1.807, 2.05) is 6.07 Å². The van der Waals surface area contributed by atoms with E-state index in [0.717, 1.165) is 0 Å². The number of benzene rings is 2. The van der Waals surface area contributed by atoms with Gasteiger partial charge in [0.2, 0.25) is 0 Å². The summed E-state index contributed by atoms with van der Waals surface area (Å²) in [6.07, 6.45) is 4.44. The molecule has 0 saturated heterocycles. The van der Waals surface area contributed by atoms with Gasteiger partial charge in [-0.05, 0) is 23.8 Å². The zero-order valence-corrected chi connectivity index (χ0v) is 12.9. The van der Waals surface area contributed by atoms with Gasteiger partial charge < -0.3 is 0 Å². The molecule has 6 heteroatoms. The van der Waals surface area contributed by atoms with Crippen LogP contribution in [0.25, 0.3) is 6.08 Å². The van der Waals surface area contributed by atoms with Crippen LogP contribution in [-0.2, 0) is 10.9 Å². The lowest BCUT2D eigenvalue weighted by atomic mass is 10.2. The highest BCUT2D eigenvalue weighted by Crippen LogP contribution is 2.13. The van der Waals surface area contributed by atoms with Crippen LogP contribution in [-0.4, -0.2) is 6.26 Å². The summed E-state index contributed by atoms with van der Waals surface area (Å²) in [6.45, 7) is 0. The molecular formula is C15H15ClO4S. The van der Waals surface area contributed by atoms with Crippen molar-refractivity contribution in [2.75, 3.05) is 6.26 Å². The fourth-order valence-corrected chi connectivity index (χ4v) is 2.56. The molecule has 21 heavy (non-hydrogen) atoms. The van der Waals surface area contributed by atoms with Crippen molar-refractivity contribution in [2.45, 2.75) is 4.90 Å². The van der Waals surface area contributed by atoms with E-state index < -0.39 is 10.2 Å². The van der Waals surface area contributed by atoms with Gasteiger partial charge in [-0.2, -0.15) is 0 Å². The Labute approximate surface area is 129 Å². The molecule has 0 bridgehead atoms. The molecule has 0 saturated carbocycles. The predicted octanol–water partition coefficient (Wildman–Crippen LogP) is -0.791. The Morgan fingerprint density at radius 2 is 1.24 bits per heavy atom. The minimum Gasteiger partial charge on any atom is -0.222 e. The second kappa shape index (κ2) is 8.84. The van der Waals surface area contributed by atoms with Crippen molar-refractivity contribution in [1.82, 2.24) is 0 Å². The van der Waals surface area contributed by atoms with Gasteiger partial charge in [0, 0.05) is 0 Å². The van der Waals surface area contributed by atoms with Crippen molar-refractivity contribution >= 4 is 17.0 Å². The lowest BCUT2D eigenvalue weighted by Gasteiger charge is -2.17. The number of hydrogen-bond donors (Lipinski definition) is 0. The second-order valence-corrected chi connectivity index (χ2v) is 6.58. The minimum atomic E-state index is -4.94. The minimum absolute atomic E-state index is 0.186. The Morgan fingerprint density at radius 1 is 0.810 bits per heavy atom. The number of rotatable bonds is 3. The van der Waals surface area contributed by atoms with Gasteiger partial charge in [0.25, 0.3) is 0 Å². The molecule has 0 N–H and O–H groups in total. The van der Waals surface area contributed by atoms with E-state index in [0.29, 0.717) is 0 Å². The quantitative estimate of drug-likeness (QED) is 0.691. The molecule has 2 rings (SSSR count). The lowest BCUT2D eigenvalue weighted by Crippen LogP contribution is -2.68. The predicted molar refractivity (Wildman–Crippen MR) is 73.5 cm³/mol. The maximum absolute atomic E-state index is 8.49. The summed E-state index contributed by atoms with van der Waals surface area (Å²) < 4.78 is 34.0. The molecule has 4 nitrogen and oxygen atoms in total. The highest BCUT2D eigenvalue weighted by molar-refractivity contribution is 7.99. The van der Waals surface area contributed by atoms with E-state index in [1.54, 1.807) is 0 Å². The fourth-order valence-electron chi connectivity index (χ4n) is 1.46. The van der Waals surface area contributed by atoms with E-state index in [1.165, 1.54) is 10.5 Å². The first-order valence-corrected chi connectivity index (χ1v) is 8.84. The first-order valence-electron chi connectivity index (χ1n) is 5.91. The van der Waals surface area contributed by atoms with Gasteiger partial charge in [0.15, 0.2) is 4.90 Å². The zero-order chi connectivity index (χ0) is 15.7. The first kappa shape index (κ1) is 17.7. The molecule has 112 valence electrons. The molecule has 0 aromatic heterocycles. The van der Waals surface area contributed by atoms with Gasteiger partial charge in [-0.15, -0.1) is 10.2 Å². The van der Waals surface area contributed by atoms with E-state index in [-0.39, 0.29) is 10.9 Å². The van der Waals surface area contributed by atoms with Crippen molar-refractivity contribution in [3.8, 4) is 0 Å². The maximum atomic E-state index is 8.49. The molecule has 0 spiro atoms. The van der Waals surface area contributed by atoms with Gasteiger partial charge in [-0.1, -0.05) is 48.5 Å². The second-order valence-electron chi connectivity index (χ2n) is 3.96. The van der Waals surface area contributed by atoms with E-state index in [4.69, 9.17) is 18.6 Å². The van der Waals surface area contributed by atoms with E-state index in [2.05, 4.69) is 72.3 Å². The van der Waals surface area contributed by atoms with Gasteiger partial charge >= 0.3 is 0 Å². The highest BCUT2D eigenvalue weighted by atomic mass is 35.7. The van der Waals surface area contributed by atoms with Crippen LogP contribution in [0.2, 0.25) is 0 Å². The number of hydrogen-bond acceptors (Lipinski definition) is 4. The standard InChI is InChI=1S/C15H15S.ClHO4/c1-16(15-10-6-3-7-11-15)13-12-14-8-4-2-5-9-14;2-1(3,4)5/h2-13H,1H3;(H,2,3,4,5)/q+1;/p-1/b13-12+;. The Hall–Kier alpha value is -1.34. The summed E-state index contributed by atoms with van der Waals surface area (Å²) in [5.41, 5.74) is 1.26. The SMILES string of the molecule is C[S+](/C=C/c1ccccc1)c1ccccc1.[O-][Cl+3]([O-])([O-])[O-]. The highest BCUT2D eigenvalue weighted by Gasteiger charge is 2.09. The summed E-state index contributed by atoms with van der Waals surface area (Å²) in [4.78, 5) is 1.38. The summed E-state index contributed by atoms with van der Waals surface area (Å²) in [5, 5.41) is 2.27. The van der Waals surface area contributed by atoms with Crippen LogP contribution < -0.4 is 18.6 Å². The zero-order valence-electron chi connectivity index (χ0n) is 11.3. The van der Waals surface area contributed by atoms with Gasteiger partial charge in [-0.3, -0.25) is 0 Å². The van der Waals surface area contributed by atoms with Crippen molar-refractivity contribution in [3.63, 3.8) is 0 Å².